The molecule has 1 aromatic carbocycles. The standard InChI is InChI=1S/C13H16FNO3/c1-3-5-9(15)11(13(16)17)8-6-4-7-10(18-2)12(8)14/h4,6-7H,3,5,15H2,1-2H3,(H,16,17). The zero-order chi connectivity index (χ0) is 13.7. The fraction of sp³-hybridized carbons (Fsp3) is 0.308. The van der Waals surface area contributed by atoms with E-state index in [1.165, 1.54) is 25.3 Å². The van der Waals surface area contributed by atoms with Gasteiger partial charge in [0.05, 0.1) is 12.7 Å². The monoisotopic (exact) mass is 253 g/mol. The lowest BCUT2D eigenvalue weighted by Crippen LogP contribution is -2.11. The summed E-state index contributed by atoms with van der Waals surface area (Å²) in [5.41, 5.74) is 5.63. The number of allylic oxidation sites excluding steroid dienone is 1. The van der Waals surface area contributed by atoms with Crippen LogP contribution in [0.15, 0.2) is 23.9 Å². The van der Waals surface area contributed by atoms with Crippen LogP contribution >= 0.6 is 0 Å². The summed E-state index contributed by atoms with van der Waals surface area (Å²) < 4.78 is 18.8. The number of aliphatic carboxylic acids is 1. The van der Waals surface area contributed by atoms with E-state index in [1.807, 2.05) is 6.92 Å². The molecular weight excluding hydrogens is 237 g/mol. The van der Waals surface area contributed by atoms with E-state index in [2.05, 4.69) is 0 Å². The summed E-state index contributed by atoms with van der Waals surface area (Å²) in [6, 6.07) is 4.33. The van der Waals surface area contributed by atoms with Crippen molar-refractivity contribution in [1.29, 1.82) is 0 Å². The third kappa shape index (κ3) is 2.80. The fourth-order valence-corrected chi connectivity index (χ4v) is 1.68. The van der Waals surface area contributed by atoms with Crippen LogP contribution in [0.25, 0.3) is 5.57 Å². The first-order valence-electron chi connectivity index (χ1n) is 5.57. The molecule has 0 aromatic heterocycles. The van der Waals surface area contributed by atoms with Gasteiger partial charge in [0.15, 0.2) is 11.6 Å². The highest BCUT2D eigenvalue weighted by atomic mass is 19.1. The van der Waals surface area contributed by atoms with Gasteiger partial charge in [-0.25, -0.2) is 9.18 Å². The Labute approximate surface area is 105 Å². The number of carbonyl (C=O) groups is 1. The van der Waals surface area contributed by atoms with Crippen LogP contribution < -0.4 is 10.5 Å². The Balaban J connectivity index is 3.40. The van der Waals surface area contributed by atoms with E-state index in [9.17, 15) is 9.18 Å². The highest BCUT2D eigenvalue weighted by Crippen LogP contribution is 2.27. The number of carboxylic acids is 1. The first-order valence-corrected chi connectivity index (χ1v) is 5.57. The first-order chi connectivity index (χ1) is 8.52. The molecular formula is C13H16FNO3. The van der Waals surface area contributed by atoms with Crippen molar-refractivity contribution in [2.24, 2.45) is 5.73 Å². The van der Waals surface area contributed by atoms with Crippen molar-refractivity contribution >= 4 is 11.5 Å². The number of methoxy groups -OCH3 is 1. The second-order valence-corrected chi connectivity index (χ2v) is 3.78. The molecule has 5 heteroatoms. The molecule has 98 valence electrons. The highest BCUT2D eigenvalue weighted by molar-refractivity contribution is 6.16. The summed E-state index contributed by atoms with van der Waals surface area (Å²) in [4.78, 5) is 11.2. The molecule has 0 aliphatic carbocycles. The van der Waals surface area contributed by atoms with Crippen LogP contribution in [0.1, 0.15) is 25.3 Å². The van der Waals surface area contributed by atoms with Gasteiger partial charge < -0.3 is 15.6 Å². The average Bonchev–Trinajstić information content (AvgIpc) is 2.31. The molecule has 3 N–H and O–H groups in total. The molecule has 0 aliphatic heterocycles. The third-order valence-corrected chi connectivity index (χ3v) is 2.51. The van der Waals surface area contributed by atoms with E-state index in [0.29, 0.717) is 12.8 Å². The molecule has 4 nitrogen and oxygen atoms in total. The molecule has 0 fully saturated rings. The maximum Gasteiger partial charge on any atom is 0.338 e. The average molecular weight is 253 g/mol. The van der Waals surface area contributed by atoms with Crippen molar-refractivity contribution in [1.82, 2.24) is 0 Å². The minimum atomic E-state index is -1.24. The van der Waals surface area contributed by atoms with Gasteiger partial charge in [0, 0.05) is 11.3 Å². The number of benzene rings is 1. The van der Waals surface area contributed by atoms with Crippen LogP contribution in [-0.2, 0) is 4.79 Å². The zero-order valence-corrected chi connectivity index (χ0v) is 10.4. The lowest BCUT2D eigenvalue weighted by Gasteiger charge is -2.11. The van der Waals surface area contributed by atoms with Crippen LogP contribution in [-0.4, -0.2) is 18.2 Å². The normalized spacial score (nSPS) is 11.9. The van der Waals surface area contributed by atoms with E-state index in [1.54, 1.807) is 0 Å². The summed E-state index contributed by atoms with van der Waals surface area (Å²) in [7, 11) is 1.32. The summed E-state index contributed by atoms with van der Waals surface area (Å²) in [5.74, 6) is -1.96. The largest absolute Gasteiger partial charge is 0.494 e. The molecule has 0 heterocycles. The summed E-state index contributed by atoms with van der Waals surface area (Å²) in [6.45, 7) is 1.87. The SMILES string of the molecule is CCCC(N)=C(C(=O)O)c1cccc(OC)c1F. The van der Waals surface area contributed by atoms with Gasteiger partial charge in [-0.1, -0.05) is 25.5 Å². The molecule has 0 spiro atoms. The fourth-order valence-electron chi connectivity index (χ4n) is 1.68. The minimum Gasteiger partial charge on any atom is -0.494 e. The molecule has 1 rings (SSSR count). The number of rotatable bonds is 5. The molecule has 0 amide bonds. The van der Waals surface area contributed by atoms with Crippen LogP contribution in [0, 0.1) is 5.82 Å². The van der Waals surface area contributed by atoms with Gasteiger partial charge in [-0.2, -0.15) is 0 Å². The lowest BCUT2D eigenvalue weighted by molar-refractivity contribution is -0.130. The Morgan fingerprint density at radius 1 is 1.50 bits per heavy atom. The minimum absolute atomic E-state index is 0.00412. The van der Waals surface area contributed by atoms with Gasteiger partial charge in [0.25, 0.3) is 0 Å². The van der Waals surface area contributed by atoms with Crippen LogP contribution in [0.2, 0.25) is 0 Å². The first kappa shape index (κ1) is 14.0. The number of nitrogens with two attached hydrogens (primary N) is 1. The van der Waals surface area contributed by atoms with Crippen molar-refractivity contribution < 1.29 is 19.0 Å². The van der Waals surface area contributed by atoms with Gasteiger partial charge in [0.2, 0.25) is 0 Å². The Morgan fingerprint density at radius 3 is 2.67 bits per heavy atom. The molecule has 1 aromatic rings. The van der Waals surface area contributed by atoms with Crippen molar-refractivity contribution in [3.63, 3.8) is 0 Å². The van der Waals surface area contributed by atoms with Gasteiger partial charge in [-0.05, 0) is 12.5 Å². The molecule has 0 saturated carbocycles. The Kier molecular flexibility index (Phi) is 4.71. The zero-order valence-electron chi connectivity index (χ0n) is 10.4. The number of ether oxygens (including phenoxy) is 1. The third-order valence-electron chi connectivity index (χ3n) is 2.51. The molecule has 18 heavy (non-hydrogen) atoms. The van der Waals surface area contributed by atoms with Crippen molar-refractivity contribution in [2.45, 2.75) is 19.8 Å². The van der Waals surface area contributed by atoms with Crippen LogP contribution in [0.4, 0.5) is 4.39 Å². The number of carboxylic acid groups (broad SMARTS) is 1. The second-order valence-electron chi connectivity index (χ2n) is 3.78. The second kappa shape index (κ2) is 6.05. The Morgan fingerprint density at radius 2 is 2.17 bits per heavy atom. The number of hydrogen-bond acceptors (Lipinski definition) is 3. The van der Waals surface area contributed by atoms with E-state index in [4.69, 9.17) is 15.6 Å². The van der Waals surface area contributed by atoms with Crippen molar-refractivity contribution in [3.05, 3.63) is 35.3 Å². The maximum absolute atomic E-state index is 14.0. The highest BCUT2D eigenvalue weighted by Gasteiger charge is 2.20. The Bertz CT molecular complexity index is 483. The molecule has 0 saturated heterocycles. The molecule has 0 aliphatic rings. The maximum atomic E-state index is 14.0. The Hall–Kier alpha value is -2.04. The van der Waals surface area contributed by atoms with Gasteiger partial charge in [-0.15, -0.1) is 0 Å². The van der Waals surface area contributed by atoms with Crippen molar-refractivity contribution in [3.8, 4) is 5.75 Å². The van der Waals surface area contributed by atoms with Crippen LogP contribution in [0.3, 0.4) is 0 Å². The lowest BCUT2D eigenvalue weighted by atomic mass is 10.0. The predicted molar refractivity (Wildman–Crippen MR) is 66.6 cm³/mol. The van der Waals surface area contributed by atoms with E-state index >= 15 is 0 Å². The quantitative estimate of drug-likeness (QED) is 0.790. The number of halogens is 1. The predicted octanol–water partition coefficient (Wildman–Crippen LogP) is 2.39. The number of hydrogen-bond donors (Lipinski definition) is 2. The molecule has 0 unspecified atom stereocenters. The summed E-state index contributed by atoms with van der Waals surface area (Å²) >= 11 is 0. The van der Waals surface area contributed by atoms with Crippen LogP contribution in [0.5, 0.6) is 5.75 Å². The molecule has 0 bridgehead atoms. The van der Waals surface area contributed by atoms with Gasteiger partial charge in [0.1, 0.15) is 0 Å². The van der Waals surface area contributed by atoms with Gasteiger partial charge >= 0.3 is 5.97 Å². The summed E-state index contributed by atoms with van der Waals surface area (Å²) in [5, 5.41) is 9.17. The summed E-state index contributed by atoms with van der Waals surface area (Å²) in [6.07, 6.45) is 1.09. The van der Waals surface area contributed by atoms with E-state index in [-0.39, 0.29) is 22.6 Å². The molecule has 0 atom stereocenters. The van der Waals surface area contributed by atoms with Crippen molar-refractivity contribution in [2.75, 3.05) is 7.11 Å². The smallest absolute Gasteiger partial charge is 0.338 e. The van der Waals surface area contributed by atoms with E-state index < -0.39 is 11.8 Å². The van der Waals surface area contributed by atoms with Gasteiger partial charge in [-0.3, -0.25) is 0 Å². The molecule has 0 radical (unpaired) electrons. The van der Waals surface area contributed by atoms with E-state index in [0.717, 1.165) is 0 Å². The topological polar surface area (TPSA) is 72.6 Å².